The fourth-order valence-corrected chi connectivity index (χ4v) is 5.41. The van der Waals surface area contributed by atoms with Crippen molar-refractivity contribution in [3.8, 4) is 0 Å². The molecule has 1 amide bonds. The zero-order chi connectivity index (χ0) is 16.2. The molecule has 2 bridgehead atoms. The Kier molecular flexibility index (Phi) is 3.43. The second kappa shape index (κ2) is 5.25. The Morgan fingerprint density at radius 3 is 2.57 bits per heavy atom. The molecule has 3 saturated carbocycles. The first kappa shape index (κ1) is 15.0. The van der Waals surface area contributed by atoms with Gasteiger partial charge in [0.15, 0.2) is 0 Å². The molecule has 0 saturated heterocycles. The van der Waals surface area contributed by atoms with Crippen molar-refractivity contribution in [2.75, 3.05) is 0 Å². The van der Waals surface area contributed by atoms with Crippen LogP contribution in [-0.2, 0) is 6.18 Å². The Hall–Kier alpha value is -1.52. The van der Waals surface area contributed by atoms with Gasteiger partial charge >= 0.3 is 6.18 Å². The van der Waals surface area contributed by atoms with Crippen LogP contribution >= 0.6 is 0 Å². The number of benzene rings is 1. The van der Waals surface area contributed by atoms with Crippen LogP contribution in [0.1, 0.15) is 48.0 Å². The third kappa shape index (κ3) is 2.45. The number of hydrogen-bond acceptors (Lipinski definition) is 1. The molecule has 0 heterocycles. The summed E-state index contributed by atoms with van der Waals surface area (Å²) in [6.07, 6.45) is 1.35. The number of amides is 1. The van der Waals surface area contributed by atoms with Crippen LogP contribution in [-0.4, -0.2) is 11.9 Å². The summed E-state index contributed by atoms with van der Waals surface area (Å²) in [5, 5.41) is 2.91. The summed E-state index contributed by atoms with van der Waals surface area (Å²) in [6, 6.07) is 5.10. The van der Waals surface area contributed by atoms with E-state index in [9.17, 15) is 18.0 Å². The Morgan fingerprint density at radius 1 is 1.04 bits per heavy atom. The maximum Gasteiger partial charge on any atom is 0.417 e. The standard InChI is InChI=1S/C18H20F3NO/c19-18(20,21)15-7-2-1-4-13(15)17(23)22-16-9-10-8-14(16)12-6-3-5-11(10)12/h1-2,4,7,10-12,14,16H,3,5-6,8-9H2,(H,22,23)/t10-,11+,12+,14+,16-/m1/s1. The molecule has 0 aromatic heterocycles. The van der Waals surface area contributed by atoms with E-state index >= 15 is 0 Å². The van der Waals surface area contributed by atoms with Crippen LogP contribution in [0, 0.1) is 23.7 Å². The second-order valence-electron chi connectivity index (χ2n) is 7.28. The average molecular weight is 323 g/mol. The summed E-state index contributed by atoms with van der Waals surface area (Å²) in [4.78, 5) is 12.4. The number of fused-ring (bicyclic) bond motifs is 5. The van der Waals surface area contributed by atoms with Gasteiger partial charge in [-0.05, 0) is 61.5 Å². The molecule has 5 atom stereocenters. The highest BCUT2D eigenvalue weighted by molar-refractivity contribution is 5.96. The van der Waals surface area contributed by atoms with E-state index in [4.69, 9.17) is 0 Å². The van der Waals surface area contributed by atoms with Gasteiger partial charge in [-0.2, -0.15) is 13.2 Å². The third-order valence-electron chi connectivity index (χ3n) is 6.22. The number of carbonyl (C=O) groups excluding carboxylic acids is 1. The largest absolute Gasteiger partial charge is 0.417 e. The molecule has 0 radical (unpaired) electrons. The molecule has 3 aliphatic carbocycles. The van der Waals surface area contributed by atoms with Crippen molar-refractivity contribution in [2.45, 2.75) is 44.3 Å². The predicted molar refractivity (Wildman–Crippen MR) is 79.7 cm³/mol. The van der Waals surface area contributed by atoms with Crippen molar-refractivity contribution in [2.24, 2.45) is 23.7 Å². The normalized spacial score (nSPS) is 35.3. The van der Waals surface area contributed by atoms with Crippen LogP contribution in [0.25, 0.3) is 0 Å². The number of halogens is 3. The van der Waals surface area contributed by atoms with Crippen molar-refractivity contribution in [3.63, 3.8) is 0 Å². The van der Waals surface area contributed by atoms with Crippen molar-refractivity contribution in [3.05, 3.63) is 35.4 Å². The van der Waals surface area contributed by atoms with E-state index in [1.165, 1.54) is 37.5 Å². The topological polar surface area (TPSA) is 29.1 Å². The lowest BCUT2D eigenvalue weighted by atomic mass is 9.79. The Morgan fingerprint density at radius 2 is 1.78 bits per heavy atom. The predicted octanol–water partition coefficient (Wildman–Crippen LogP) is 4.26. The zero-order valence-electron chi connectivity index (χ0n) is 12.8. The monoisotopic (exact) mass is 323 g/mol. The molecule has 1 N–H and O–H groups in total. The number of nitrogens with one attached hydrogen (secondary N) is 1. The van der Waals surface area contributed by atoms with Crippen LogP contribution in [0.3, 0.4) is 0 Å². The van der Waals surface area contributed by atoms with Gasteiger partial charge in [0.05, 0.1) is 11.1 Å². The lowest BCUT2D eigenvalue weighted by Crippen LogP contribution is -2.43. The van der Waals surface area contributed by atoms with Crippen LogP contribution in [0.15, 0.2) is 24.3 Å². The van der Waals surface area contributed by atoms with Gasteiger partial charge in [-0.25, -0.2) is 0 Å². The van der Waals surface area contributed by atoms with E-state index in [1.807, 2.05) is 0 Å². The zero-order valence-corrected chi connectivity index (χ0v) is 12.8. The molecule has 124 valence electrons. The van der Waals surface area contributed by atoms with Crippen LogP contribution < -0.4 is 5.32 Å². The minimum atomic E-state index is -4.50. The summed E-state index contributed by atoms with van der Waals surface area (Å²) in [5.41, 5.74) is -1.11. The highest BCUT2D eigenvalue weighted by Crippen LogP contribution is 2.58. The summed E-state index contributed by atoms with van der Waals surface area (Å²) in [7, 11) is 0. The first-order valence-corrected chi connectivity index (χ1v) is 8.42. The average Bonchev–Trinajstić information content (AvgIpc) is 3.18. The minimum Gasteiger partial charge on any atom is -0.349 e. The molecular formula is C18H20F3NO. The van der Waals surface area contributed by atoms with Gasteiger partial charge in [0.1, 0.15) is 0 Å². The van der Waals surface area contributed by atoms with E-state index in [0.29, 0.717) is 17.8 Å². The number of alkyl halides is 3. The molecular weight excluding hydrogens is 303 g/mol. The number of carbonyl (C=O) groups is 1. The van der Waals surface area contributed by atoms with Gasteiger partial charge in [-0.15, -0.1) is 0 Å². The van der Waals surface area contributed by atoms with E-state index in [2.05, 4.69) is 5.32 Å². The SMILES string of the molecule is O=C(N[C@@H]1C[C@H]2C[C@H]1[C@H]1CCC[C@@H]21)c1ccccc1C(F)(F)F. The molecule has 4 rings (SSSR count). The van der Waals surface area contributed by atoms with Gasteiger partial charge in [-0.3, -0.25) is 4.79 Å². The smallest absolute Gasteiger partial charge is 0.349 e. The van der Waals surface area contributed by atoms with Gasteiger partial charge in [0.25, 0.3) is 5.91 Å². The fourth-order valence-electron chi connectivity index (χ4n) is 5.41. The Labute approximate surface area is 133 Å². The summed E-state index contributed by atoms with van der Waals surface area (Å²) >= 11 is 0. The molecule has 0 aliphatic heterocycles. The van der Waals surface area contributed by atoms with Crippen molar-refractivity contribution in [1.82, 2.24) is 5.32 Å². The Bertz CT molecular complexity index is 627. The quantitative estimate of drug-likeness (QED) is 0.866. The number of rotatable bonds is 2. The van der Waals surface area contributed by atoms with E-state index in [0.717, 1.165) is 24.8 Å². The minimum absolute atomic E-state index is 0.0492. The lowest BCUT2D eigenvalue weighted by molar-refractivity contribution is -0.137. The number of hydrogen-bond donors (Lipinski definition) is 1. The van der Waals surface area contributed by atoms with Gasteiger partial charge in [0.2, 0.25) is 0 Å². The Balaban J connectivity index is 1.52. The molecule has 23 heavy (non-hydrogen) atoms. The first-order chi connectivity index (χ1) is 10.9. The van der Waals surface area contributed by atoms with Crippen LogP contribution in [0.4, 0.5) is 13.2 Å². The van der Waals surface area contributed by atoms with Gasteiger partial charge in [-0.1, -0.05) is 18.6 Å². The molecule has 2 nitrogen and oxygen atoms in total. The maximum absolute atomic E-state index is 13.1. The van der Waals surface area contributed by atoms with E-state index in [1.54, 1.807) is 0 Å². The molecule has 3 aliphatic rings. The molecule has 0 spiro atoms. The maximum atomic E-state index is 13.1. The summed E-state index contributed by atoms with van der Waals surface area (Å²) < 4.78 is 39.2. The molecule has 0 unspecified atom stereocenters. The van der Waals surface area contributed by atoms with E-state index < -0.39 is 17.6 Å². The molecule has 1 aromatic rings. The summed E-state index contributed by atoms with van der Waals surface area (Å²) in [6.45, 7) is 0. The molecule has 1 aromatic carbocycles. The lowest BCUT2D eigenvalue weighted by Gasteiger charge is -2.32. The van der Waals surface area contributed by atoms with Gasteiger partial charge in [0, 0.05) is 6.04 Å². The van der Waals surface area contributed by atoms with Crippen molar-refractivity contribution in [1.29, 1.82) is 0 Å². The van der Waals surface area contributed by atoms with Crippen molar-refractivity contribution < 1.29 is 18.0 Å². The van der Waals surface area contributed by atoms with Gasteiger partial charge < -0.3 is 5.32 Å². The highest BCUT2D eigenvalue weighted by Gasteiger charge is 2.54. The highest BCUT2D eigenvalue weighted by atomic mass is 19.4. The summed E-state index contributed by atoms with van der Waals surface area (Å²) in [5.74, 6) is 2.03. The first-order valence-electron chi connectivity index (χ1n) is 8.42. The molecule has 5 heteroatoms. The van der Waals surface area contributed by atoms with Crippen molar-refractivity contribution >= 4 is 5.91 Å². The third-order valence-corrected chi connectivity index (χ3v) is 6.22. The van der Waals surface area contributed by atoms with Crippen LogP contribution in [0.5, 0.6) is 0 Å². The molecule has 3 fully saturated rings. The van der Waals surface area contributed by atoms with E-state index in [-0.39, 0.29) is 11.6 Å². The fraction of sp³-hybridized carbons (Fsp3) is 0.611. The van der Waals surface area contributed by atoms with Crippen LogP contribution in [0.2, 0.25) is 0 Å². The second-order valence-corrected chi connectivity index (χ2v) is 7.28.